The van der Waals surface area contributed by atoms with Crippen molar-refractivity contribution in [3.8, 4) is 0 Å². The van der Waals surface area contributed by atoms with Crippen LogP contribution < -0.4 is 0 Å². The first-order chi connectivity index (χ1) is 8.29. The van der Waals surface area contributed by atoms with Gasteiger partial charge in [0.2, 0.25) is 0 Å². The number of ether oxygens (including phenoxy) is 1. The van der Waals surface area contributed by atoms with Crippen LogP contribution in [0.3, 0.4) is 0 Å². The Morgan fingerprint density at radius 3 is 2.35 bits per heavy atom. The molecule has 0 saturated carbocycles. The van der Waals surface area contributed by atoms with Crippen LogP contribution in [-0.2, 0) is 17.6 Å². The Labute approximate surface area is 103 Å². The number of methoxy groups -OCH3 is 1. The van der Waals surface area contributed by atoms with Gasteiger partial charge in [-0.1, -0.05) is 24.3 Å². The maximum atomic E-state index is 9.74. The average molecular weight is 235 g/mol. The highest BCUT2D eigenvalue weighted by atomic mass is 16.5. The normalized spacial score (nSPS) is 18.5. The van der Waals surface area contributed by atoms with Gasteiger partial charge in [-0.15, -0.1) is 0 Å². The Morgan fingerprint density at radius 2 is 1.82 bits per heavy atom. The third-order valence-electron chi connectivity index (χ3n) is 3.34. The maximum Gasteiger partial charge on any atom is 0.0900 e. The second-order valence-corrected chi connectivity index (χ2v) is 4.68. The van der Waals surface area contributed by atoms with E-state index in [4.69, 9.17) is 4.74 Å². The molecule has 1 aromatic carbocycles. The summed E-state index contributed by atoms with van der Waals surface area (Å²) in [6.45, 7) is 3.18. The van der Waals surface area contributed by atoms with Crippen molar-refractivity contribution in [2.75, 3.05) is 33.4 Å². The number of rotatable bonds is 4. The molecule has 3 nitrogen and oxygen atoms in total. The predicted octanol–water partition coefficient (Wildman–Crippen LogP) is 1.09. The number of hydrogen-bond donors (Lipinski definition) is 1. The van der Waals surface area contributed by atoms with E-state index in [2.05, 4.69) is 29.2 Å². The molecule has 0 radical (unpaired) electrons. The molecule has 0 saturated heterocycles. The molecular weight excluding hydrogens is 214 g/mol. The van der Waals surface area contributed by atoms with Gasteiger partial charge in [-0.3, -0.25) is 0 Å². The van der Waals surface area contributed by atoms with Gasteiger partial charge in [0.15, 0.2) is 0 Å². The van der Waals surface area contributed by atoms with Crippen LogP contribution in [0.5, 0.6) is 0 Å². The molecule has 0 fully saturated rings. The minimum absolute atomic E-state index is 0.374. The molecule has 0 spiro atoms. The summed E-state index contributed by atoms with van der Waals surface area (Å²) in [6, 6.07) is 8.64. The van der Waals surface area contributed by atoms with Crippen molar-refractivity contribution in [1.82, 2.24) is 4.90 Å². The molecule has 17 heavy (non-hydrogen) atoms. The average Bonchev–Trinajstić information content (AvgIpc) is 2.53. The summed E-state index contributed by atoms with van der Waals surface area (Å²) in [5.41, 5.74) is 2.91. The fraction of sp³-hybridized carbons (Fsp3) is 0.571. The highest BCUT2D eigenvalue weighted by molar-refractivity contribution is 5.28. The number of nitrogens with zero attached hydrogens (tertiary/aromatic N) is 1. The number of aliphatic hydroxyl groups is 1. The summed E-state index contributed by atoms with van der Waals surface area (Å²) in [5.74, 6) is 0. The molecule has 0 aliphatic carbocycles. The molecule has 1 N–H and O–H groups in total. The minimum atomic E-state index is -0.374. The molecule has 1 aliphatic rings. The first-order valence-electron chi connectivity index (χ1n) is 6.25. The van der Waals surface area contributed by atoms with Crippen LogP contribution in [0, 0.1) is 0 Å². The number of hydrogen-bond acceptors (Lipinski definition) is 3. The van der Waals surface area contributed by atoms with Crippen molar-refractivity contribution in [3.05, 3.63) is 35.4 Å². The Kier molecular flexibility index (Phi) is 4.54. The second kappa shape index (κ2) is 6.15. The van der Waals surface area contributed by atoms with Crippen molar-refractivity contribution < 1.29 is 9.84 Å². The van der Waals surface area contributed by atoms with Gasteiger partial charge in [-0.25, -0.2) is 0 Å². The van der Waals surface area contributed by atoms with E-state index in [1.54, 1.807) is 7.11 Å². The van der Waals surface area contributed by atoms with Crippen LogP contribution in [-0.4, -0.2) is 49.5 Å². The summed E-state index contributed by atoms with van der Waals surface area (Å²) in [6.07, 6.45) is 1.78. The van der Waals surface area contributed by atoms with Gasteiger partial charge >= 0.3 is 0 Å². The SMILES string of the molecule is COCC(O)CN1CCc2ccccc2CC1. The molecule has 94 valence electrons. The number of β-amino-alcohol motifs (C(OH)–C–C–N with tert-alkyl or cyclic N) is 1. The van der Waals surface area contributed by atoms with E-state index in [1.807, 2.05) is 0 Å². The molecule has 3 heteroatoms. The third kappa shape index (κ3) is 3.53. The van der Waals surface area contributed by atoms with Gasteiger partial charge in [-0.2, -0.15) is 0 Å². The molecule has 2 rings (SSSR count). The topological polar surface area (TPSA) is 32.7 Å². The lowest BCUT2D eigenvalue weighted by atomic mass is 10.0. The third-order valence-corrected chi connectivity index (χ3v) is 3.34. The largest absolute Gasteiger partial charge is 0.389 e. The van der Waals surface area contributed by atoms with E-state index < -0.39 is 0 Å². The smallest absolute Gasteiger partial charge is 0.0900 e. The van der Waals surface area contributed by atoms with Crippen molar-refractivity contribution in [1.29, 1.82) is 0 Å². The molecule has 1 unspecified atom stereocenters. The zero-order valence-electron chi connectivity index (χ0n) is 10.4. The Balaban J connectivity index is 1.90. The molecule has 1 heterocycles. The Hall–Kier alpha value is -0.900. The van der Waals surface area contributed by atoms with Gasteiger partial charge < -0.3 is 14.7 Å². The van der Waals surface area contributed by atoms with E-state index in [0.29, 0.717) is 13.2 Å². The summed E-state index contributed by atoms with van der Waals surface area (Å²) in [4.78, 5) is 2.32. The van der Waals surface area contributed by atoms with Gasteiger partial charge in [-0.05, 0) is 24.0 Å². The maximum absolute atomic E-state index is 9.74. The first-order valence-corrected chi connectivity index (χ1v) is 6.25. The molecule has 0 aromatic heterocycles. The number of aliphatic hydroxyl groups excluding tert-OH is 1. The number of benzene rings is 1. The lowest BCUT2D eigenvalue weighted by molar-refractivity contribution is 0.0387. The summed E-state index contributed by atoms with van der Waals surface area (Å²) >= 11 is 0. The Morgan fingerprint density at radius 1 is 1.24 bits per heavy atom. The Bertz CT molecular complexity index is 327. The van der Waals surface area contributed by atoms with E-state index in [-0.39, 0.29) is 6.10 Å². The van der Waals surface area contributed by atoms with Gasteiger partial charge in [0.25, 0.3) is 0 Å². The standard InChI is InChI=1S/C14H21NO2/c1-17-11-14(16)10-15-8-6-12-4-2-3-5-13(12)7-9-15/h2-5,14,16H,6-11H2,1H3. The van der Waals surface area contributed by atoms with E-state index in [1.165, 1.54) is 11.1 Å². The molecule has 1 aromatic rings. The van der Waals surface area contributed by atoms with Gasteiger partial charge in [0.1, 0.15) is 0 Å². The van der Waals surface area contributed by atoms with Gasteiger partial charge in [0, 0.05) is 26.7 Å². The first kappa shape index (κ1) is 12.6. The molecule has 1 aliphatic heterocycles. The lowest BCUT2D eigenvalue weighted by Crippen LogP contribution is -2.36. The zero-order valence-corrected chi connectivity index (χ0v) is 10.4. The summed E-state index contributed by atoms with van der Waals surface area (Å²) < 4.78 is 4.96. The van der Waals surface area contributed by atoms with E-state index in [0.717, 1.165) is 25.9 Å². The monoisotopic (exact) mass is 235 g/mol. The molecule has 0 amide bonds. The van der Waals surface area contributed by atoms with Crippen molar-refractivity contribution >= 4 is 0 Å². The fourth-order valence-corrected chi connectivity index (χ4v) is 2.44. The van der Waals surface area contributed by atoms with Crippen LogP contribution in [0.1, 0.15) is 11.1 Å². The summed E-state index contributed by atoms with van der Waals surface area (Å²) in [7, 11) is 1.63. The van der Waals surface area contributed by atoms with Crippen LogP contribution in [0.4, 0.5) is 0 Å². The quantitative estimate of drug-likeness (QED) is 0.848. The van der Waals surface area contributed by atoms with Crippen LogP contribution >= 0.6 is 0 Å². The van der Waals surface area contributed by atoms with Crippen molar-refractivity contribution in [3.63, 3.8) is 0 Å². The predicted molar refractivity (Wildman–Crippen MR) is 68.2 cm³/mol. The van der Waals surface area contributed by atoms with Crippen molar-refractivity contribution in [2.24, 2.45) is 0 Å². The summed E-state index contributed by atoms with van der Waals surface area (Å²) in [5, 5.41) is 9.74. The van der Waals surface area contributed by atoms with Gasteiger partial charge in [0.05, 0.1) is 12.7 Å². The number of fused-ring (bicyclic) bond motifs is 1. The second-order valence-electron chi connectivity index (χ2n) is 4.68. The lowest BCUT2D eigenvalue weighted by Gasteiger charge is -2.22. The van der Waals surface area contributed by atoms with Crippen LogP contribution in [0.15, 0.2) is 24.3 Å². The minimum Gasteiger partial charge on any atom is -0.389 e. The van der Waals surface area contributed by atoms with E-state index in [9.17, 15) is 5.11 Å². The van der Waals surface area contributed by atoms with E-state index >= 15 is 0 Å². The zero-order chi connectivity index (χ0) is 12.1. The van der Waals surface area contributed by atoms with Crippen LogP contribution in [0.25, 0.3) is 0 Å². The van der Waals surface area contributed by atoms with Crippen molar-refractivity contribution in [2.45, 2.75) is 18.9 Å². The highest BCUT2D eigenvalue weighted by Gasteiger charge is 2.16. The van der Waals surface area contributed by atoms with Crippen LogP contribution in [0.2, 0.25) is 0 Å². The highest BCUT2D eigenvalue weighted by Crippen LogP contribution is 2.15. The fourth-order valence-electron chi connectivity index (χ4n) is 2.44. The molecule has 1 atom stereocenters. The molecular formula is C14H21NO2. The molecule has 0 bridgehead atoms.